The molecule has 0 atom stereocenters. The summed E-state index contributed by atoms with van der Waals surface area (Å²) >= 11 is 0. The minimum Gasteiger partial charge on any atom is -0.383 e. The summed E-state index contributed by atoms with van der Waals surface area (Å²) in [5.74, 6) is -0.620. The number of imide groups is 1. The van der Waals surface area contributed by atoms with Gasteiger partial charge >= 0.3 is 11.7 Å². The molecule has 0 aliphatic rings. The van der Waals surface area contributed by atoms with E-state index in [4.69, 9.17) is 4.74 Å². The van der Waals surface area contributed by atoms with Crippen LogP contribution in [0.25, 0.3) is 0 Å². The van der Waals surface area contributed by atoms with E-state index < -0.39 is 16.9 Å². The van der Waals surface area contributed by atoms with E-state index in [-0.39, 0.29) is 30.2 Å². The molecule has 0 spiro atoms. The summed E-state index contributed by atoms with van der Waals surface area (Å²) in [4.78, 5) is 33.3. The van der Waals surface area contributed by atoms with E-state index in [0.717, 1.165) is 0 Å². The normalized spacial score (nSPS) is 10.2. The van der Waals surface area contributed by atoms with Crippen molar-refractivity contribution in [3.05, 3.63) is 21.5 Å². The Labute approximate surface area is 120 Å². The molecule has 1 rings (SSSR count). The van der Waals surface area contributed by atoms with Crippen molar-refractivity contribution in [3.8, 4) is 0 Å². The molecule has 0 saturated carbocycles. The van der Waals surface area contributed by atoms with E-state index in [1.54, 1.807) is 0 Å². The van der Waals surface area contributed by atoms with Gasteiger partial charge in [0, 0.05) is 13.7 Å². The summed E-state index contributed by atoms with van der Waals surface area (Å²) < 4.78 is 5.93. The first-order valence-corrected chi connectivity index (χ1v) is 6.11. The quantitative estimate of drug-likeness (QED) is 0.428. The number of carbonyl (C=O) groups is 2. The zero-order chi connectivity index (χ0) is 16.0. The van der Waals surface area contributed by atoms with Crippen molar-refractivity contribution in [2.75, 3.05) is 20.3 Å². The number of urea groups is 1. The monoisotopic (exact) mass is 299 g/mol. The Kier molecular flexibility index (Phi) is 5.79. The molecule has 1 aromatic rings. The molecule has 0 aliphatic carbocycles. The van der Waals surface area contributed by atoms with Crippen molar-refractivity contribution in [2.45, 2.75) is 20.4 Å². The highest BCUT2D eigenvalue weighted by Crippen LogP contribution is 2.21. The number of nitrogens with one attached hydrogen (secondary N) is 2. The van der Waals surface area contributed by atoms with Gasteiger partial charge in [0.15, 0.2) is 0 Å². The van der Waals surface area contributed by atoms with Gasteiger partial charge in [-0.3, -0.25) is 24.9 Å². The van der Waals surface area contributed by atoms with Crippen molar-refractivity contribution in [1.29, 1.82) is 0 Å². The van der Waals surface area contributed by atoms with Crippen LogP contribution < -0.4 is 10.6 Å². The maximum Gasteiger partial charge on any atom is 0.321 e. The maximum atomic E-state index is 11.7. The third-order valence-corrected chi connectivity index (χ3v) is 2.66. The maximum absolute atomic E-state index is 11.7. The van der Waals surface area contributed by atoms with Gasteiger partial charge in [-0.05, 0) is 13.8 Å². The molecule has 1 heterocycles. The molecule has 0 aromatic carbocycles. The van der Waals surface area contributed by atoms with Crippen LogP contribution in [-0.2, 0) is 16.1 Å². The number of aromatic nitrogens is 2. The zero-order valence-corrected chi connectivity index (χ0v) is 12.0. The zero-order valence-electron chi connectivity index (χ0n) is 12.0. The van der Waals surface area contributed by atoms with Crippen LogP contribution in [0, 0.1) is 24.0 Å². The molecular formula is C11H17N5O5. The first-order chi connectivity index (χ1) is 9.86. The minimum absolute atomic E-state index is 0.132. The molecule has 0 saturated heterocycles. The minimum atomic E-state index is -0.659. The van der Waals surface area contributed by atoms with Crippen molar-refractivity contribution in [2.24, 2.45) is 0 Å². The lowest BCUT2D eigenvalue weighted by atomic mass is 10.3. The Bertz CT molecular complexity index is 553. The van der Waals surface area contributed by atoms with Gasteiger partial charge in [-0.2, -0.15) is 5.10 Å². The third kappa shape index (κ3) is 4.53. The van der Waals surface area contributed by atoms with Crippen LogP contribution >= 0.6 is 0 Å². The standard InChI is InChI=1S/C11H17N5O5/c1-7-10(16(19)20)8(2)15(14-7)6-9(17)13-11(18)12-4-5-21-3/h4-6H2,1-3H3,(H2,12,13,17,18). The first kappa shape index (κ1) is 16.6. The topological polar surface area (TPSA) is 128 Å². The first-order valence-electron chi connectivity index (χ1n) is 6.11. The van der Waals surface area contributed by atoms with Gasteiger partial charge in [-0.25, -0.2) is 4.79 Å². The fraction of sp³-hybridized carbons (Fsp3) is 0.545. The molecule has 0 bridgehead atoms. The predicted molar refractivity (Wildman–Crippen MR) is 71.8 cm³/mol. The lowest BCUT2D eigenvalue weighted by Gasteiger charge is -2.07. The van der Waals surface area contributed by atoms with Gasteiger partial charge in [0.05, 0.1) is 11.5 Å². The van der Waals surface area contributed by atoms with Crippen LogP contribution in [0.2, 0.25) is 0 Å². The van der Waals surface area contributed by atoms with Crippen LogP contribution in [0.15, 0.2) is 0 Å². The smallest absolute Gasteiger partial charge is 0.321 e. The highest BCUT2D eigenvalue weighted by Gasteiger charge is 2.23. The second-order valence-corrected chi connectivity index (χ2v) is 4.23. The molecule has 2 N–H and O–H groups in total. The van der Waals surface area contributed by atoms with E-state index in [0.29, 0.717) is 6.61 Å². The lowest BCUT2D eigenvalue weighted by Crippen LogP contribution is -2.42. The summed E-state index contributed by atoms with van der Waals surface area (Å²) in [5.41, 5.74) is 0.342. The number of ether oxygens (including phenoxy) is 1. The molecular weight excluding hydrogens is 282 g/mol. The Hall–Kier alpha value is -2.49. The number of nitro groups is 1. The number of rotatable bonds is 6. The van der Waals surface area contributed by atoms with Gasteiger partial charge in [-0.15, -0.1) is 0 Å². The third-order valence-electron chi connectivity index (χ3n) is 2.66. The summed E-state index contributed by atoms with van der Waals surface area (Å²) in [6.45, 7) is 3.28. The second kappa shape index (κ2) is 7.33. The SMILES string of the molecule is COCCNC(=O)NC(=O)Cn1nc(C)c([N+](=O)[O-])c1C. The van der Waals surface area contributed by atoms with E-state index in [1.165, 1.54) is 25.6 Å². The Morgan fingerprint density at radius 2 is 2.10 bits per heavy atom. The molecule has 116 valence electrons. The predicted octanol–water partition coefficient (Wildman–Crippen LogP) is -0.120. The fourth-order valence-corrected chi connectivity index (χ4v) is 1.72. The number of nitrogens with zero attached hydrogens (tertiary/aromatic N) is 3. The van der Waals surface area contributed by atoms with Crippen molar-refractivity contribution < 1.29 is 19.2 Å². The molecule has 0 radical (unpaired) electrons. The molecule has 10 nitrogen and oxygen atoms in total. The summed E-state index contributed by atoms with van der Waals surface area (Å²) in [5, 5.41) is 19.3. The van der Waals surface area contributed by atoms with Crippen molar-refractivity contribution in [3.63, 3.8) is 0 Å². The molecule has 21 heavy (non-hydrogen) atoms. The van der Waals surface area contributed by atoms with Gasteiger partial charge in [0.25, 0.3) is 0 Å². The van der Waals surface area contributed by atoms with Gasteiger partial charge < -0.3 is 10.1 Å². The highest BCUT2D eigenvalue weighted by molar-refractivity contribution is 5.94. The molecule has 0 unspecified atom stereocenters. The van der Waals surface area contributed by atoms with Crippen LogP contribution in [0.1, 0.15) is 11.4 Å². The lowest BCUT2D eigenvalue weighted by molar-refractivity contribution is -0.386. The Balaban J connectivity index is 2.61. The number of hydrogen-bond donors (Lipinski definition) is 2. The number of amides is 3. The summed E-state index contributed by atoms with van der Waals surface area (Å²) in [6.07, 6.45) is 0. The van der Waals surface area contributed by atoms with E-state index >= 15 is 0 Å². The summed E-state index contributed by atoms with van der Waals surface area (Å²) in [7, 11) is 1.49. The van der Waals surface area contributed by atoms with E-state index in [2.05, 4.69) is 15.7 Å². The average molecular weight is 299 g/mol. The van der Waals surface area contributed by atoms with Crippen molar-refractivity contribution >= 4 is 17.6 Å². The second-order valence-electron chi connectivity index (χ2n) is 4.23. The van der Waals surface area contributed by atoms with Crippen molar-refractivity contribution in [1.82, 2.24) is 20.4 Å². The Morgan fingerprint density at radius 1 is 1.43 bits per heavy atom. The van der Waals surface area contributed by atoms with E-state index in [9.17, 15) is 19.7 Å². The van der Waals surface area contributed by atoms with Gasteiger partial charge in [0.1, 0.15) is 17.9 Å². The number of carbonyl (C=O) groups excluding carboxylic acids is 2. The number of aryl methyl sites for hydroxylation is 1. The van der Waals surface area contributed by atoms with Crippen LogP contribution in [0.3, 0.4) is 0 Å². The molecule has 3 amide bonds. The largest absolute Gasteiger partial charge is 0.383 e. The Morgan fingerprint density at radius 3 is 2.62 bits per heavy atom. The molecule has 10 heteroatoms. The average Bonchev–Trinajstić information content (AvgIpc) is 2.64. The van der Waals surface area contributed by atoms with Gasteiger partial charge in [-0.1, -0.05) is 0 Å². The van der Waals surface area contributed by atoms with Crippen LogP contribution in [0.4, 0.5) is 10.5 Å². The van der Waals surface area contributed by atoms with Gasteiger partial charge in [0.2, 0.25) is 5.91 Å². The van der Waals surface area contributed by atoms with E-state index in [1.807, 2.05) is 0 Å². The molecule has 1 aromatic heterocycles. The van der Waals surface area contributed by atoms with Crippen LogP contribution in [0.5, 0.6) is 0 Å². The fourth-order valence-electron chi connectivity index (χ4n) is 1.72. The summed E-state index contributed by atoms with van der Waals surface area (Å²) in [6, 6.07) is -0.659. The number of methoxy groups -OCH3 is 1. The van der Waals surface area contributed by atoms with Crippen LogP contribution in [-0.4, -0.2) is 46.9 Å². The number of hydrogen-bond acceptors (Lipinski definition) is 6. The highest BCUT2D eigenvalue weighted by atomic mass is 16.6. The molecule has 0 aliphatic heterocycles. The molecule has 0 fully saturated rings.